The summed E-state index contributed by atoms with van der Waals surface area (Å²) in [5.41, 5.74) is 2.69. The van der Waals surface area contributed by atoms with Crippen molar-refractivity contribution in [3.05, 3.63) is 83.4 Å². The molecule has 9 nitrogen and oxygen atoms in total. The molecular formula is C27H23N3O6. The summed E-state index contributed by atoms with van der Waals surface area (Å²) in [5.74, 6) is -0.568. The molecular weight excluding hydrogens is 462 g/mol. The van der Waals surface area contributed by atoms with E-state index in [1.807, 2.05) is 31.2 Å². The minimum Gasteiger partial charge on any atom is -0.492 e. The summed E-state index contributed by atoms with van der Waals surface area (Å²) in [7, 11) is 0. The molecule has 4 amide bonds. The first-order valence-electron chi connectivity index (χ1n) is 11.4. The highest BCUT2D eigenvalue weighted by molar-refractivity contribution is 6.22. The van der Waals surface area contributed by atoms with Crippen LogP contribution in [0, 0.1) is 6.92 Å². The number of ether oxygens (including phenoxy) is 2. The average molecular weight is 485 g/mol. The van der Waals surface area contributed by atoms with Gasteiger partial charge in [-0.15, -0.1) is 0 Å². The van der Waals surface area contributed by atoms with Gasteiger partial charge in [0.2, 0.25) is 5.91 Å². The van der Waals surface area contributed by atoms with Crippen molar-refractivity contribution < 1.29 is 28.7 Å². The number of carbonyl (C=O) groups is 4. The number of anilines is 2. The second-order valence-electron chi connectivity index (χ2n) is 8.47. The summed E-state index contributed by atoms with van der Waals surface area (Å²) in [6.07, 6.45) is 0. The fourth-order valence-electron chi connectivity index (χ4n) is 4.14. The number of fused-ring (bicyclic) bond motifs is 2. The Morgan fingerprint density at radius 3 is 2.33 bits per heavy atom. The van der Waals surface area contributed by atoms with Gasteiger partial charge in [0.15, 0.2) is 6.61 Å². The van der Waals surface area contributed by atoms with E-state index >= 15 is 0 Å². The van der Waals surface area contributed by atoms with Crippen LogP contribution < -0.4 is 19.7 Å². The van der Waals surface area contributed by atoms with E-state index in [-0.39, 0.29) is 23.6 Å². The Kier molecular flexibility index (Phi) is 6.12. The molecule has 36 heavy (non-hydrogen) atoms. The van der Waals surface area contributed by atoms with Crippen LogP contribution in [-0.2, 0) is 9.59 Å². The molecule has 0 aliphatic carbocycles. The van der Waals surface area contributed by atoms with Crippen molar-refractivity contribution >= 4 is 35.0 Å². The van der Waals surface area contributed by atoms with Gasteiger partial charge in [-0.25, -0.2) is 0 Å². The molecule has 0 saturated heterocycles. The Morgan fingerprint density at radius 2 is 1.64 bits per heavy atom. The van der Waals surface area contributed by atoms with Gasteiger partial charge < -0.3 is 19.7 Å². The van der Waals surface area contributed by atoms with E-state index in [1.165, 1.54) is 0 Å². The largest absolute Gasteiger partial charge is 0.492 e. The molecule has 2 aliphatic heterocycles. The monoisotopic (exact) mass is 485 g/mol. The van der Waals surface area contributed by atoms with Gasteiger partial charge in [-0.2, -0.15) is 0 Å². The zero-order valence-corrected chi connectivity index (χ0v) is 19.5. The SMILES string of the molecule is Cc1ccc(OCCN2C(=O)COc3cc(NC(=O)CN4C(=O)c5ccccc5C4=O)ccc32)cc1. The highest BCUT2D eigenvalue weighted by Gasteiger charge is 2.36. The van der Waals surface area contributed by atoms with E-state index in [0.717, 1.165) is 16.2 Å². The Morgan fingerprint density at radius 1 is 0.944 bits per heavy atom. The van der Waals surface area contributed by atoms with Gasteiger partial charge in [0.05, 0.1) is 23.4 Å². The van der Waals surface area contributed by atoms with E-state index in [1.54, 1.807) is 47.4 Å². The molecule has 0 fully saturated rings. The summed E-state index contributed by atoms with van der Waals surface area (Å²) in [6, 6.07) is 19.0. The Bertz CT molecular complexity index is 1330. The van der Waals surface area contributed by atoms with Crippen LogP contribution in [0.3, 0.4) is 0 Å². The normalized spacial score (nSPS) is 14.3. The molecule has 2 heterocycles. The third kappa shape index (κ3) is 4.50. The van der Waals surface area contributed by atoms with Gasteiger partial charge in [-0.3, -0.25) is 24.1 Å². The third-order valence-electron chi connectivity index (χ3n) is 5.97. The van der Waals surface area contributed by atoms with Crippen LogP contribution in [0.25, 0.3) is 0 Å². The third-order valence-corrected chi connectivity index (χ3v) is 5.97. The predicted molar refractivity (Wildman–Crippen MR) is 131 cm³/mol. The van der Waals surface area contributed by atoms with Gasteiger partial charge in [-0.05, 0) is 43.3 Å². The number of rotatable bonds is 7. The van der Waals surface area contributed by atoms with E-state index in [0.29, 0.717) is 30.3 Å². The summed E-state index contributed by atoms with van der Waals surface area (Å²) < 4.78 is 11.3. The van der Waals surface area contributed by atoms with Gasteiger partial charge in [0, 0.05) is 11.8 Å². The van der Waals surface area contributed by atoms with Crippen molar-refractivity contribution in [2.45, 2.75) is 6.92 Å². The molecule has 3 aromatic carbocycles. The van der Waals surface area contributed by atoms with Crippen LogP contribution in [0.1, 0.15) is 26.3 Å². The molecule has 1 N–H and O–H groups in total. The van der Waals surface area contributed by atoms with Gasteiger partial charge in [-0.1, -0.05) is 29.8 Å². The van der Waals surface area contributed by atoms with E-state index in [9.17, 15) is 19.2 Å². The Labute approximate surface area is 207 Å². The number of amides is 4. The minimum absolute atomic E-state index is 0.135. The van der Waals surface area contributed by atoms with Crippen LogP contribution in [0.15, 0.2) is 66.7 Å². The molecule has 9 heteroatoms. The molecule has 0 spiro atoms. The molecule has 5 rings (SSSR count). The lowest BCUT2D eigenvalue weighted by molar-refractivity contribution is -0.121. The van der Waals surface area contributed by atoms with Crippen LogP contribution in [0.4, 0.5) is 11.4 Å². The Hall–Kier alpha value is -4.66. The molecule has 3 aromatic rings. The van der Waals surface area contributed by atoms with E-state index in [4.69, 9.17) is 9.47 Å². The summed E-state index contributed by atoms with van der Waals surface area (Å²) in [5, 5.41) is 2.69. The van der Waals surface area contributed by atoms with Crippen molar-refractivity contribution in [3.8, 4) is 11.5 Å². The molecule has 0 atom stereocenters. The molecule has 2 aliphatic rings. The Balaban J connectivity index is 1.22. The van der Waals surface area contributed by atoms with Crippen molar-refractivity contribution in [3.63, 3.8) is 0 Å². The smallest absolute Gasteiger partial charge is 0.265 e. The van der Waals surface area contributed by atoms with E-state index < -0.39 is 24.3 Å². The van der Waals surface area contributed by atoms with E-state index in [2.05, 4.69) is 5.32 Å². The lowest BCUT2D eigenvalue weighted by Crippen LogP contribution is -2.41. The second-order valence-corrected chi connectivity index (χ2v) is 8.47. The number of imide groups is 1. The van der Waals surface area contributed by atoms with Gasteiger partial charge >= 0.3 is 0 Å². The van der Waals surface area contributed by atoms with Crippen molar-refractivity contribution in [1.82, 2.24) is 4.90 Å². The minimum atomic E-state index is -0.528. The molecule has 0 aromatic heterocycles. The number of aryl methyl sites for hydroxylation is 1. The quantitative estimate of drug-likeness (QED) is 0.516. The number of nitrogens with zero attached hydrogens (tertiary/aromatic N) is 2. The summed E-state index contributed by atoms with van der Waals surface area (Å²) >= 11 is 0. The lowest BCUT2D eigenvalue weighted by Gasteiger charge is -2.29. The summed E-state index contributed by atoms with van der Waals surface area (Å²) in [4.78, 5) is 52.6. The van der Waals surface area contributed by atoms with Crippen molar-refractivity contribution in [1.29, 1.82) is 0 Å². The van der Waals surface area contributed by atoms with Gasteiger partial charge in [0.1, 0.15) is 24.7 Å². The first-order chi connectivity index (χ1) is 17.4. The predicted octanol–water partition coefficient (Wildman–Crippen LogP) is 3.03. The number of benzene rings is 3. The maximum Gasteiger partial charge on any atom is 0.265 e. The number of hydrogen-bond acceptors (Lipinski definition) is 6. The molecule has 0 bridgehead atoms. The fraction of sp³-hybridized carbons (Fsp3) is 0.185. The van der Waals surface area contributed by atoms with Crippen molar-refractivity contribution in [2.24, 2.45) is 0 Å². The first-order valence-corrected chi connectivity index (χ1v) is 11.4. The molecule has 0 unspecified atom stereocenters. The van der Waals surface area contributed by atoms with Crippen LogP contribution in [0.2, 0.25) is 0 Å². The number of nitrogens with one attached hydrogen (secondary N) is 1. The van der Waals surface area contributed by atoms with Gasteiger partial charge in [0.25, 0.3) is 17.7 Å². The van der Waals surface area contributed by atoms with Crippen LogP contribution >= 0.6 is 0 Å². The van der Waals surface area contributed by atoms with Crippen molar-refractivity contribution in [2.75, 3.05) is 36.5 Å². The zero-order valence-electron chi connectivity index (χ0n) is 19.5. The highest BCUT2D eigenvalue weighted by atomic mass is 16.5. The maximum atomic E-state index is 12.6. The standard InChI is InChI=1S/C27H23N3O6/c1-17-6-9-19(10-7-17)35-13-12-29-22-11-8-18(14-23(22)36-16-25(29)32)28-24(31)15-30-26(33)20-4-2-3-5-21(20)27(30)34/h2-11,14H,12-13,15-16H2,1H3,(H,28,31). The number of carbonyl (C=O) groups excluding carboxylic acids is 4. The zero-order chi connectivity index (χ0) is 25.2. The van der Waals surface area contributed by atoms with Crippen LogP contribution in [-0.4, -0.2) is 54.8 Å². The summed E-state index contributed by atoms with van der Waals surface area (Å²) in [6.45, 7) is 2.07. The first kappa shape index (κ1) is 23.1. The molecule has 182 valence electrons. The second kappa shape index (κ2) is 9.53. The maximum absolute atomic E-state index is 12.6. The molecule has 0 radical (unpaired) electrons. The molecule has 0 saturated carbocycles. The highest BCUT2D eigenvalue weighted by Crippen LogP contribution is 2.34. The van der Waals surface area contributed by atoms with Crippen LogP contribution in [0.5, 0.6) is 11.5 Å². The lowest BCUT2D eigenvalue weighted by atomic mass is 10.1. The average Bonchev–Trinajstić information content (AvgIpc) is 3.11. The fourth-order valence-corrected chi connectivity index (χ4v) is 4.14. The number of hydrogen-bond donors (Lipinski definition) is 1. The topological polar surface area (TPSA) is 105 Å².